The van der Waals surface area contributed by atoms with Crippen LogP contribution in [-0.4, -0.2) is 37.6 Å². The molecule has 0 radical (unpaired) electrons. The minimum absolute atomic E-state index is 0.0397. The van der Waals surface area contributed by atoms with Crippen LogP contribution in [0, 0.1) is 0 Å². The molecule has 19 heavy (non-hydrogen) atoms. The minimum atomic E-state index is 0.0397. The summed E-state index contributed by atoms with van der Waals surface area (Å²) in [6.07, 6.45) is 2.13. The second-order valence-electron chi connectivity index (χ2n) is 4.68. The van der Waals surface area contributed by atoms with Crippen LogP contribution in [0.2, 0.25) is 0 Å². The molecule has 1 aromatic carbocycles. The first-order valence-corrected chi connectivity index (χ1v) is 7.10. The van der Waals surface area contributed by atoms with Gasteiger partial charge in [0.05, 0.1) is 19.8 Å². The lowest BCUT2D eigenvalue weighted by atomic mass is 10.1. The zero-order chi connectivity index (χ0) is 14.0. The van der Waals surface area contributed by atoms with Gasteiger partial charge in [-0.3, -0.25) is 4.79 Å². The van der Waals surface area contributed by atoms with Gasteiger partial charge < -0.3 is 14.4 Å². The average molecular weight is 328 g/mol. The van der Waals surface area contributed by atoms with Gasteiger partial charge in [0.25, 0.3) is 5.91 Å². The smallest absolute Gasteiger partial charge is 0.255 e. The zero-order valence-electron chi connectivity index (χ0n) is 11.4. The molecular weight excluding hydrogens is 310 g/mol. The second kappa shape index (κ2) is 5.82. The topological polar surface area (TPSA) is 38.8 Å². The van der Waals surface area contributed by atoms with E-state index < -0.39 is 0 Å². The van der Waals surface area contributed by atoms with E-state index in [1.54, 1.807) is 26.4 Å². The maximum absolute atomic E-state index is 12.5. The third-order valence-corrected chi connectivity index (χ3v) is 4.17. The Morgan fingerprint density at radius 1 is 1.32 bits per heavy atom. The number of hydrogen-bond acceptors (Lipinski definition) is 3. The van der Waals surface area contributed by atoms with Crippen molar-refractivity contribution in [2.75, 3.05) is 20.8 Å². The highest BCUT2D eigenvalue weighted by Gasteiger charge is 2.28. The number of hydrogen-bond donors (Lipinski definition) is 0. The summed E-state index contributed by atoms with van der Waals surface area (Å²) in [5, 5.41) is 0. The van der Waals surface area contributed by atoms with E-state index in [1.807, 2.05) is 4.90 Å². The van der Waals surface area contributed by atoms with E-state index in [2.05, 4.69) is 22.9 Å². The predicted octanol–water partition coefficient (Wildman–Crippen LogP) is 3.09. The number of likely N-dealkylation sites (tertiary alicyclic amines) is 1. The highest BCUT2D eigenvalue weighted by Crippen LogP contribution is 2.34. The molecule has 1 unspecified atom stereocenters. The maximum Gasteiger partial charge on any atom is 0.255 e. The summed E-state index contributed by atoms with van der Waals surface area (Å²) >= 11 is 3.44. The summed E-state index contributed by atoms with van der Waals surface area (Å²) in [5.74, 6) is 1.22. The van der Waals surface area contributed by atoms with Crippen LogP contribution in [-0.2, 0) is 0 Å². The summed E-state index contributed by atoms with van der Waals surface area (Å²) < 4.78 is 11.2. The molecule has 0 aromatic heterocycles. The molecule has 2 rings (SSSR count). The standard InChI is InChI=1S/C14H18BrNO3/c1-9-5-4-6-16(9)14(17)10-7-12(18-2)13(19-3)8-11(10)15/h7-9H,4-6H2,1-3H3. The van der Waals surface area contributed by atoms with E-state index in [9.17, 15) is 4.79 Å². The van der Waals surface area contributed by atoms with Crippen molar-refractivity contribution in [2.24, 2.45) is 0 Å². The fourth-order valence-corrected chi connectivity index (χ4v) is 2.90. The molecule has 1 fully saturated rings. The molecule has 1 atom stereocenters. The van der Waals surface area contributed by atoms with Crippen molar-refractivity contribution < 1.29 is 14.3 Å². The monoisotopic (exact) mass is 327 g/mol. The Kier molecular flexibility index (Phi) is 4.34. The molecule has 0 bridgehead atoms. The Bertz CT molecular complexity index is 490. The molecule has 5 heteroatoms. The normalized spacial score (nSPS) is 18.5. The van der Waals surface area contributed by atoms with Gasteiger partial charge in [0.1, 0.15) is 0 Å². The molecule has 0 saturated carbocycles. The van der Waals surface area contributed by atoms with E-state index in [0.29, 0.717) is 23.1 Å². The Hall–Kier alpha value is -1.23. The van der Waals surface area contributed by atoms with Crippen molar-refractivity contribution in [3.63, 3.8) is 0 Å². The van der Waals surface area contributed by atoms with Crippen molar-refractivity contribution >= 4 is 21.8 Å². The quantitative estimate of drug-likeness (QED) is 0.856. The third kappa shape index (κ3) is 2.71. The minimum Gasteiger partial charge on any atom is -0.493 e. The van der Waals surface area contributed by atoms with Crippen LogP contribution in [0.4, 0.5) is 0 Å². The third-order valence-electron chi connectivity index (χ3n) is 3.52. The molecule has 1 saturated heterocycles. The van der Waals surface area contributed by atoms with Gasteiger partial charge in [-0.1, -0.05) is 0 Å². The number of benzene rings is 1. The first-order valence-electron chi connectivity index (χ1n) is 6.31. The largest absolute Gasteiger partial charge is 0.493 e. The van der Waals surface area contributed by atoms with Crippen molar-refractivity contribution in [1.29, 1.82) is 0 Å². The van der Waals surface area contributed by atoms with Gasteiger partial charge >= 0.3 is 0 Å². The Morgan fingerprint density at radius 3 is 2.47 bits per heavy atom. The zero-order valence-corrected chi connectivity index (χ0v) is 13.0. The molecule has 0 N–H and O–H groups in total. The van der Waals surface area contributed by atoms with Crippen LogP contribution in [0.1, 0.15) is 30.1 Å². The highest BCUT2D eigenvalue weighted by molar-refractivity contribution is 9.10. The van der Waals surface area contributed by atoms with Crippen molar-refractivity contribution in [1.82, 2.24) is 4.90 Å². The lowest BCUT2D eigenvalue weighted by Gasteiger charge is -2.22. The SMILES string of the molecule is COc1cc(Br)c(C(=O)N2CCCC2C)cc1OC. The van der Waals surface area contributed by atoms with Crippen LogP contribution >= 0.6 is 15.9 Å². The number of amides is 1. The molecular formula is C14H18BrNO3. The number of halogens is 1. The van der Waals surface area contributed by atoms with Crippen LogP contribution in [0.15, 0.2) is 16.6 Å². The van der Waals surface area contributed by atoms with Gasteiger partial charge in [0, 0.05) is 17.1 Å². The first kappa shape index (κ1) is 14.2. The average Bonchev–Trinajstić information content (AvgIpc) is 2.83. The molecule has 4 nitrogen and oxygen atoms in total. The lowest BCUT2D eigenvalue weighted by Crippen LogP contribution is -2.33. The number of nitrogens with zero attached hydrogens (tertiary/aromatic N) is 1. The number of ether oxygens (including phenoxy) is 2. The van der Waals surface area contributed by atoms with Crippen LogP contribution in [0.5, 0.6) is 11.5 Å². The Morgan fingerprint density at radius 2 is 1.95 bits per heavy atom. The van der Waals surface area contributed by atoms with E-state index in [4.69, 9.17) is 9.47 Å². The molecule has 1 amide bonds. The fourth-order valence-electron chi connectivity index (χ4n) is 2.41. The predicted molar refractivity (Wildman–Crippen MR) is 77.0 cm³/mol. The van der Waals surface area contributed by atoms with Crippen molar-refractivity contribution in [3.05, 3.63) is 22.2 Å². The van der Waals surface area contributed by atoms with Gasteiger partial charge in [-0.2, -0.15) is 0 Å². The Labute approximate surface area is 121 Å². The van der Waals surface area contributed by atoms with E-state index >= 15 is 0 Å². The molecule has 1 aromatic rings. The summed E-state index contributed by atoms with van der Waals surface area (Å²) in [6, 6.07) is 3.80. The summed E-state index contributed by atoms with van der Waals surface area (Å²) in [6.45, 7) is 2.90. The summed E-state index contributed by atoms with van der Waals surface area (Å²) in [5.41, 5.74) is 0.617. The molecule has 104 valence electrons. The molecule has 1 heterocycles. The summed E-state index contributed by atoms with van der Waals surface area (Å²) in [7, 11) is 3.15. The second-order valence-corrected chi connectivity index (χ2v) is 5.53. The number of methoxy groups -OCH3 is 2. The maximum atomic E-state index is 12.5. The van der Waals surface area contributed by atoms with Crippen molar-refractivity contribution in [2.45, 2.75) is 25.8 Å². The molecule has 0 aliphatic carbocycles. The van der Waals surface area contributed by atoms with E-state index in [0.717, 1.165) is 23.9 Å². The number of rotatable bonds is 3. The van der Waals surface area contributed by atoms with Gasteiger partial charge in [0.15, 0.2) is 11.5 Å². The van der Waals surface area contributed by atoms with Gasteiger partial charge in [-0.05, 0) is 47.8 Å². The molecule has 1 aliphatic rings. The molecule has 0 spiro atoms. The van der Waals surface area contributed by atoms with Crippen molar-refractivity contribution in [3.8, 4) is 11.5 Å². The first-order chi connectivity index (χ1) is 9.08. The van der Waals surface area contributed by atoms with Gasteiger partial charge in [-0.15, -0.1) is 0 Å². The lowest BCUT2D eigenvalue weighted by molar-refractivity contribution is 0.0746. The Balaban J connectivity index is 2.36. The number of carbonyl (C=O) groups excluding carboxylic acids is 1. The van der Waals surface area contributed by atoms with Gasteiger partial charge in [-0.25, -0.2) is 0 Å². The van der Waals surface area contributed by atoms with Crippen LogP contribution < -0.4 is 9.47 Å². The highest BCUT2D eigenvalue weighted by atomic mass is 79.9. The van der Waals surface area contributed by atoms with Crippen LogP contribution in [0.3, 0.4) is 0 Å². The fraction of sp³-hybridized carbons (Fsp3) is 0.500. The van der Waals surface area contributed by atoms with Crippen LogP contribution in [0.25, 0.3) is 0 Å². The number of carbonyl (C=O) groups is 1. The van der Waals surface area contributed by atoms with E-state index in [1.165, 1.54) is 0 Å². The molecule has 1 aliphatic heterocycles. The van der Waals surface area contributed by atoms with E-state index in [-0.39, 0.29) is 5.91 Å². The van der Waals surface area contributed by atoms with Gasteiger partial charge in [0.2, 0.25) is 0 Å². The summed E-state index contributed by atoms with van der Waals surface area (Å²) in [4.78, 5) is 14.5.